The molecule has 2 aromatic rings. The van der Waals surface area contributed by atoms with Gasteiger partial charge in [0, 0.05) is 25.2 Å². The predicted octanol–water partition coefficient (Wildman–Crippen LogP) is 8.62. The van der Waals surface area contributed by atoms with Gasteiger partial charge >= 0.3 is 23.9 Å². The fourth-order valence-corrected chi connectivity index (χ4v) is 6.43. The molecule has 0 spiro atoms. The van der Waals surface area contributed by atoms with Crippen molar-refractivity contribution in [2.45, 2.75) is 118 Å². The zero-order chi connectivity index (χ0) is 36.2. The summed E-state index contributed by atoms with van der Waals surface area (Å²) in [4.78, 5) is 50.9. The van der Waals surface area contributed by atoms with Crippen LogP contribution in [0.15, 0.2) is 73.3 Å². The van der Waals surface area contributed by atoms with Crippen LogP contribution in [-0.4, -0.2) is 42.7 Å². The molecule has 0 aliphatic heterocycles. The van der Waals surface area contributed by atoms with Crippen molar-refractivity contribution in [3.05, 3.63) is 95.6 Å². The Morgan fingerprint density at radius 3 is 2.35 bits per heavy atom. The van der Waals surface area contributed by atoms with E-state index in [0.29, 0.717) is 44.1 Å². The van der Waals surface area contributed by atoms with Crippen molar-refractivity contribution in [3.63, 3.8) is 0 Å². The van der Waals surface area contributed by atoms with Crippen LogP contribution >= 0.6 is 0 Å². The average molecular weight is 675 g/mol. The van der Waals surface area contributed by atoms with Crippen molar-refractivity contribution in [2.24, 2.45) is 10.8 Å². The second-order valence-electron chi connectivity index (χ2n) is 14.5. The normalized spacial score (nSPS) is 19.4. The van der Waals surface area contributed by atoms with E-state index in [4.69, 9.17) is 18.9 Å². The molecule has 1 aliphatic rings. The third-order valence-electron chi connectivity index (χ3n) is 9.20. The smallest absolute Gasteiger partial charge is 0.338 e. The van der Waals surface area contributed by atoms with Gasteiger partial charge in [-0.2, -0.15) is 0 Å². The molecule has 0 saturated heterocycles. The first-order valence-electron chi connectivity index (χ1n) is 17.3. The van der Waals surface area contributed by atoms with Crippen LogP contribution < -0.4 is 0 Å². The lowest BCUT2D eigenvalue weighted by atomic mass is 9.70. The Morgan fingerprint density at radius 2 is 1.71 bits per heavy atom. The van der Waals surface area contributed by atoms with Gasteiger partial charge in [-0.1, -0.05) is 55.0 Å². The van der Waals surface area contributed by atoms with Crippen LogP contribution in [0, 0.1) is 10.8 Å². The number of rotatable bonds is 17. The number of carbonyl (C=O) groups is 4. The fraction of sp³-hybridized carbons (Fsp3) is 0.512. The maximum absolute atomic E-state index is 13.3. The van der Waals surface area contributed by atoms with Gasteiger partial charge in [-0.3, -0.25) is 14.4 Å². The van der Waals surface area contributed by atoms with Gasteiger partial charge in [0.2, 0.25) is 0 Å². The molecule has 0 aromatic heterocycles. The highest BCUT2D eigenvalue weighted by molar-refractivity contribution is 5.89. The highest BCUT2D eigenvalue weighted by Gasteiger charge is 2.50. The second kappa shape index (κ2) is 18.0. The molecular weight excluding hydrogens is 620 g/mol. The molecule has 0 radical (unpaired) electrons. The minimum Gasteiger partial charge on any atom is -0.465 e. The Morgan fingerprint density at radius 1 is 1.00 bits per heavy atom. The van der Waals surface area contributed by atoms with Crippen molar-refractivity contribution in [1.82, 2.24) is 0 Å². The highest BCUT2D eigenvalue weighted by atomic mass is 16.6. The van der Waals surface area contributed by atoms with E-state index in [-0.39, 0.29) is 49.6 Å². The van der Waals surface area contributed by atoms with Gasteiger partial charge in [-0.15, -0.1) is 13.2 Å². The third kappa shape index (κ3) is 11.7. The summed E-state index contributed by atoms with van der Waals surface area (Å²) in [6, 6.07) is 15.0. The van der Waals surface area contributed by atoms with Gasteiger partial charge in [-0.25, -0.2) is 4.79 Å². The predicted molar refractivity (Wildman–Crippen MR) is 190 cm³/mol. The number of esters is 4. The van der Waals surface area contributed by atoms with E-state index >= 15 is 0 Å². The van der Waals surface area contributed by atoms with Crippen LogP contribution in [0.2, 0.25) is 0 Å². The Balaban J connectivity index is 2.00. The summed E-state index contributed by atoms with van der Waals surface area (Å²) in [5, 5.41) is 0. The molecule has 4 atom stereocenters. The summed E-state index contributed by atoms with van der Waals surface area (Å²) < 4.78 is 23.2. The maximum atomic E-state index is 13.3. The van der Waals surface area contributed by atoms with Crippen LogP contribution in [0.4, 0.5) is 0 Å². The van der Waals surface area contributed by atoms with E-state index in [2.05, 4.69) is 20.1 Å². The lowest BCUT2D eigenvalue weighted by Crippen LogP contribution is -2.36. The van der Waals surface area contributed by atoms with Crippen LogP contribution in [0.3, 0.4) is 0 Å². The zero-order valence-electron chi connectivity index (χ0n) is 30.2. The fourth-order valence-electron chi connectivity index (χ4n) is 6.43. The van der Waals surface area contributed by atoms with Gasteiger partial charge in [0.1, 0.15) is 18.8 Å². The zero-order valence-corrected chi connectivity index (χ0v) is 30.2. The van der Waals surface area contributed by atoms with Gasteiger partial charge in [-0.05, 0) is 101 Å². The summed E-state index contributed by atoms with van der Waals surface area (Å²) in [5.41, 5.74) is 2.89. The minimum atomic E-state index is -0.689. The maximum Gasteiger partial charge on any atom is 0.338 e. The molecule has 2 aromatic carbocycles. The lowest BCUT2D eigenvalue weighted by molar-refractivity contribution is -0.154. The number of hydrogen-bond donors (Lipinski definition) is 0. The van der Waals surface area contributed by atoms with Gasteiger partial charge in [0.15, 0.2) is 0 Å². The standard InChI is InChI=1S/C41H54O8/c1-9-10-24-46-37(43)22-23-41(8)35(20-21-36(41)49-38(44)31-14-12-11-13-15-31)34-19-17-30(25-32(34)27-47-39(45)40(5,6)7)26-33(48-29(4)42)18-16-28(2)3/h9,11-15,17,19,25,33,35-36H,1-2,10,16,18,20-24,26-27H2,3-8H3/t33-,35-,36-,41-/m0/s1. The van der Waals surface area contributed by atoms with E-state index < -0.39 is 22.9 Å². The molecule has 0 amide bonds. The largest absolute Gasteiger partial charge is 0.465 e. The van der Waals surface area contributed by atoms with E-state index in [1.54, 1.807) is 30.3 Å². The number of hydrogen-bond acceptors (Lipinski definition) is 8. The monoisotopic (exact) mass is 674 g/mol. The van der Waals surface area contributed by atoms with E-state index in [9.17, 15) is 19.2 Å². The number of benzene rings is 2. The third-order valence-corrected chi connectivity index (χ3v) is 9.20. The summed E-state index contributed by atoms with van der Waals surface area (Å²) in [7, 11) is 0. The molecule has 1 fully saturated rings. The summed E-state index contributed by atoms with van der Waals surface area (Å²) in [5.74, 6) is -1.51. The molecule has 8 nitrogen and oxygen atoms in total. The molecule has 0 heterocycles. The molecular formula is C41H54O8. The van der Waals surface area contributed by atoms with Crippen molar-refractivity contribution in [1.29, 1.82) is 0 Å². The van der Waals surface area contributed by atoms with Crippen LogP contribution in [0.25, 0.3) is 0 Å². The first-order chi connectivity index (χ1) is 23.1. The van der Waals surface area contributed by atoms with E-state index in [1.807, 2.05) is 52.0 Å². The van der Waals surface area contributed by atoms with Gasteiger partial charge in [0.25, 0.3) is 0 Å². The Kier molecular flexibility index (Phi) is 14.4. The van der Waals surface area contributed by atoms with Crippen molar-refractivity contribution < 1.29 is 38.1 Å². The SMILES string of the molecule is C=CCCOC(=O)CC[C@]1(C)[C@@H](OC(=O)c2ccccc2)CC[C@H]1c1ccc(C[C@H](CCC(=C)C)OC(C)=O)cc1COC(=O)C(C)(C)C. The number of allylic oxidation sites excluding steroid dienone is 1. The molecule has 0 unspecified atom stereocenters. The number of carbonyl (C=O) groups excluding carboxylic acids is 4. The molecule has 1 saturated carbocycles. The van der Waals surface area contributed by atoms with Crippen molar-refractivity contribution >= 4 is 23.9 Å². The Labute approximate surface area is 292 Å². The summed E-state index contributed by atoms with van der Waals surface area (Å²) in [6.07, 6.45) is 5.20. The molecule has 3 rings (SSSR count). The minimum absolute atomic E-state index is 0.0495. The quantitative estimate of drug-likeness (QED) is 0.0711. The van der Waals surface area contributed by atoms with Crippen molar-refractivity contribution in [3.8, 4) is 0 Å². The number of ether oxygens (including phenoxy) is 4. The topological polar surface area (TPSA) is 105 Å². The molecule has 8 heteroatoms. The average Bonchev–Trinajstić information content (AvgIpc) is 3.36. The van der Waals surface area contributed by atoms with Crippen molar-refractivity contribution in [2.75, 3.05) is 6.61 Å². The van der Waals surface area contributed by atoms with E-state index in [0.717, 1.165) is 28.7 Å². The van der Waals surface area contributed by atoms with Crippen LogP contribution in [-0.2, 0) is 46.4 Å². The molecule has 49 heavy (non-hydrogen) atoms. The Hall–Kier alpha value is -4.20. The van der Waals surface area contributed by atoms with Gasteiger partial charge < -0.3 is 18.9 Å². The first kappa shape index (κ1) is 39.2. The summed E-state index contributed by atoms with van der Waals surface area (Å²) >= 11 is 0. The van der Waals surface area contributed by atoms with Gasteiger partial charge in [0.05, 0.1) is 17.6 Å². The first-order valence-corrected chi connectivity index (χ1v) is 17.3. The molecule has 0 N–H and O–H groups in total. The Bertz CT molecular complexity index is 1470. The van der Waals surface area contributed by atoms with Crippen LogP contribution in [0.1, 0.15) is 119 Å². The molecule has 1 aliphatic carbocycles. The van der Waals surface area contributed by atoms with Crippen LogP contribution in [0.5, 0.6) is 0 Å². The second-order valence-corrected chi connectivity index (χ2v) is 14.5. The highest BCUT2D eigenvalue weighted by Crippen LogP contribution is 2.54. The summed E-state index contributed by atoms with van der Waals surface area (Å²) in [6.45, 7) is 18.8. The molecule has 266 valence electrons. The molecule has 0 bridgehead atoms. The lowest BCUT2D eigenvalue weighted by Gasteiger charge is -2.37. The van der Waals surface area contributed by atoms with E-state index in [1.165, 1.54) is 6.92 Å².